The quantitative estimate of drug-likeness (QED) is 0.586. The van der Waals surface area contributed by atoms with E-state index in [-0.39, 0.29) is 12.2 Å². The summed E-state index contributed by atoms with van der Waals surface area (Å²) in [5.41, 5.74) is 2.14. The van der Waals surface area contributed by atoms with Gasteiger partial charge in [-0.1, -0.05) is 6.08 Å². The molecule has 0 atom stereocenters. The van der Waals surface area contributed by atoms with Crippen molar-refractivity contribution in [2.75, 3.05) is 0 Å². The summed E-state index contributed by atoms with van der Waals surface area (Å²) >= 11 is 0. The van der Waals surface area contributed by atoms with E-state index in [4.69, 9.17) is 0 Å². The van der Waals surface area contributed by atoms with Gasteiger partial charge in [0.15, 0.2) is 11.5 Å². The van der Waals surface area contributed by atoms with Crippen LogP contribution in [0.3, 0.4) is 0 Å². The third kappa shape index (κ3) is 1.11. The van der Waals surface area contributed by atoms with Crippen molar-refractivity contribution in [1.82, 2.24) is 0 Å². The molecule has 0 bridgehead atoms. The number of fused-ring (bicyclic) bond motifs is 2. The molecular formula is C9H5N5O. The van der Waals surface area contributed by atoms with Gasteiger partial charge in [0.05, 0.1) is 0 Å². The lowest BCUT2D eigenvalue weighted by molar-refractivity contribution is -0.112. The Morgan fingerprint density at radius 1 is 1.20 bits per heavy atom. The normalized spacial score (nSPS) is 22.3. The number of Topliss-reactive ketones (excluding diaryl/α,β-unsaturated/α-hetero) is 1. The first-order valence-electron chi connectivity index (χ1n) is 4.40. The van der Waals surface area contributed by atoms with E-state index in [1.54, 1.807) is 12.3 Å². The van der Waals surface area contributed by atoms with Crippen molar-refractivity contribution in [1.29, 1.82) is 0 Å². The average Bonchev–Trinajstić information content (AvgIpc) is 2.60. The Morgan fingerprint density at radius 2 is 2.13 bits per heavy atom. The van der Waals surface area contributed by atoms with E-state index in [1.165, 1.54) is 0 Å². The Kier molecular flexibility index (Phi) is 1.55. The van der Waals surface area contributed by atoms with Crippen molar-refractivity contribution in [3.8, 4) is 0 Å². The van der Waals surface area contributed by atoms with E-state index < -0.39 is 0 Å². The Bertz CT molecular complexity index is 533. The third-order valence-electron chi connectivity index (χ3n) is 2.27. The smallest absolute Gasteiger partial charge is 0.189 e. The molecule has 1 aliphatic carbocycles. The first kappa shape index (κ1) is 8.10. The fraction of sp³-hybridized carbons (Fsp3) is 0.111. The van der Waals surface area contributed by atoms with Crippen molar-refractivity contribution in [3.05, 3.63) is 35.3 Å². The average molecular weight is 199 g/mol. The van der Waals surface area contributed by atoms with Crippen molar-refractivity contribution in [3.63, 3.8) is 0 Å². The molecule has 0 aromatic heterocycles. The summed E-state index contributed by atoms with van der Waals surface area (Å²) in [5.74, 6) is -0.0736. The molecule has 0 aromatic rings. The molecule has 0 unspecified atom stereocenters. The number of rotatable bonds is 0. The molecule has 0 aromatic carbocycles. The highest BCUT2D eigenvalue weighted by Crippen LogP contribution is 2.31. The lowest BCUT2D eigenvalue weighted by Crippen LogP contribution is -2.21. The SMILES string of the molecule is O=C1CC2=CC=CN=NC2=C2N=NN=C12. The number of nitrogens with zero attached hydrogens (tertiary/aromatic N) is 5. The van der Waals surface area contributed by atoms with Crippen LogP contribution in [0.4, 0.5) is 0 Å². The molecule has 2 aliphatic heterocycles. The number of ketones is 1. The molecule has 0 amide bonds. The highest BCUT2D eigenvalue weighted by molar-refractivity contribution is 6.48. The zero-order valence-corrected chi connectivity index (χ0v) is 7.58. The van der Waals surface area contributed by atoms with Crippen LogP contribution in [0.15, 0.2) is 61.0 Å². The fourth-order valence-corrected chi connectivity index (χ4v) is 1.58. The van der Waals surface area contributed by atoms with Gasteiger partial charge in [-0.15, -0.1) is 15.3 Å². The summed E-state index contributed by atoms with van der Waals surface area (Å²) in [4.78, 5) is 11.6. The minimum Gasteiger partial charge on any atom is -0.292 e. The van der Waals surface area contributed by atoms with Gasteiger partial charge in [-0.05, 0) is 16.9 Å². The third-order valence-corrected chi connectivity index (χ3v) is 2.27. The molecule has 0 N–H and O–H groups in total. The molecule has 6 heteroatoms. The molecule has 15 heavy (non-hydrogen) atoms. The molecule has 3 aliphatic rings. The summed E-state index contributed by atoms with van der Waals surface area (Å²) in [7, 11) is 0. The van der Waals surface area contributed by atoms with E-state index in [0.717, 1.165) is 5.57 Å². The maximum Gasteiger partial charge on any atom is 0.189 e. The van der Waals surface area contributed by atoms with Crippen molar-refractivity contribution in [2.24, 2.45) is 25.7 Å². The van der Waals surface area contributed by atoms with Gasteiger partial charge in [-0.2, -0.15) is 5.11 Å². The Hall–Kier alpha value is -2.24. The Labute approximate surface area is 84.5 Å². The molecule has 72 valence electrons. The minimum atomic E-state index is -0.0736. The highest BCUT2D eigenvalue weighted by Gasteiger charge is 2.32. The molecule has 3 rings (SSSR count). The molecule has 0 spiro atoms. The minimum absolute atomic E-state index is 0.0736. The van der Waals surface area contributed by atoms with Crippen LogP contribution in [-0.4, -0.2) is 11.5 Å². The lowest BCUT2D eigenvalue weighted by atomic mass is 9.93. The van der Waals surface area contributed by atoms with Crippen LogP contribution in [0.1, 0.15) is 6.42 Å². The first-order valence-corrected chi connectivity index (χ1v) is 4.40. The molecule has 0 saturated carbocycles. The second-order valence-corrected chi connectivity index (χ2v) is 3.18. The zero-order chi connectivity index (χ0) is 10.3. The van der Waals surface area contributed by atoms with Gasteiger partial charge in [-0.25, -0.2) is 0 Å². The van der Waals surface area contributed by atoms with Gasteiger partial charge in [0.2, 0.25) is 0 Å². The van der Waals surface area contributed by atoms with Crippen LogP contribution < -0.4 is 0 Å². The van der Waals surface area contributed by atoms with Crippen LogP contribution in [0.25, 0.3) is 0 Å². The van der Waals surface area contributed by atoms with Crippen LogP contribution >= 0.6 is 0 Å². The van der Waals surface area contributed by atoms with Gasteiger partial charge in [0.25, 0.3) is 0 Å². The largest absolute Gasteiger partial charge is 0.292 e. The number of azo groups is 1. The van der Waals surface area contributed by atoms with E-state index in [0.29, 0.717) is 17.1 Å². The molecule has 2 heterocycles. The number of allylic oxidation sites excluding steroid dienone is 4. The summed E-state index contributed by atoms with van der Waals surface area (Å²) in [6.07, 6.45) is 5.40. The van der Waals surface area contributed by atoms with Crippen molar-refractivity contribution in [2.45, 2.75) is 6.42 Å². The number of carbonyl (C=O) groups excluding carboxylic acids is 1. The molecular weight excluding hydrogens is 194 g/mol. The van der Waals surface area contributed by atoms with Gasteiger partial charge < -0.3 is 0 Å². The Morgan fingerprint density at radius 3 is 3.07 bits per heavy atom. The second kappa shape index (κ2) is 2.88. The van der Waals surface area contributed by atoms with Crippen molar-refractivity contribution >= 4 is 11.5 Å². The predicted octanol–water partition coefficient (Wildman–Crippen LogP) is 1.90. The van der Waals surface area contributed by atoms with Crippen LogP contribution in [0, 0.1) is 0 Å². The van der Waals surface area contributed by atoms with Crippen LogP contribution in [0.2, 0.25) is 0 Å². The van der Waals surface area contributed by atoms with Gasteiger partial charge in [0.1, 0.15) is 11.4 Å². The van der Waals surface area contributed by atoms with Crippen LogP contribution in [-0.2, 0) is 4.79 Å². The second-order valence-electron chi connectivity index (χ2n) is 3.18. The van der Waals surface area contributed by atoms with Gasteiger partial charge >= 0.3 is 0 Å². The number of hydrogen-bond acceptors (Lipinski definition) is 6. The molecule has 0 saturated heterocycles. The number of hydrogen-bond donors (Lipinski definition) is 0. The molecule has 0 radical (unpaired) electrons. The van der Waals surface area contributed by atoms with E-state index in [9.17, 15) is 4.79 Å². The van der Waals surface area contributed by atoms with Gasteiger partial charge in [0, 0.05) is 12.6 Å². The monoisotopic (exact) mass is 199 g/mol. The maximum absolute atomic E-state index is 11.6. The standard InChI is InChI=1S/C9H5N5O/c15-6-4-5-2-1-3-10-11-7(5)9-8(6)12-14-13-9/h1-3H,4H2. The summed E-state index contributed by atoms with van der Waals surface area (Å²) in [6, 6.07) is 0. The number of carbonyl (C=O) groups is 1. The fourth-order valence-electron chi connectivity index (χ4n) is 1.58. The van der Waals surface area contributed by atoms with Crippen LogP contribution in [0.5, 0.6) is 0 Å². The summed E-state index contributed by atoms with van der Waals surface area (Å²) < 4.78 is 0. The summed E-state index contributed by atoms with van der Waals surface area (Å²) in [6.45, 7) is 0. The summed E-state index contributed by atoms with van der Waals surface area (Å²) in [5, 5.41) is 18.7. The van der Waals surface area contributed by atoms with Gasteiger partial charge in [-0.3, -0.25) is 4.79 Å². The first-order chi connectivity index (χ1) is 7.36. The highest BCUT2D eigenvalue weighted by atomic mass is 16.1. The van der Waals surface area contributed by atoms with Crippen molar-refractivity contribution < 1.29 is 4.79 Å². The maximum atomic E-state index is 11.6. The topological polar surface area (TPSA) is 78.9 Å². The zero-order valence-electron chi connectivity index (χ0n) is 7.58. The lowest BCUT2D eigenvalue weighted by Gasteiger charge is -2.12. The van der Waals surface area contributed by atoms with E-state index in [1.807, 2.05) is 6.08 Å². The van der Waals surface area contributed by atoms with E-state index >= 15 is 0 Å². The Balaban J connectivity index is 2.27. The molecule has 0 fully saturated rings. The van der Waals surface area contributed by atoms with E-state index in [2.05, 4.69) is 25.7 Å². The molecule has 6 nitrogen and oxygen atoms in total. The predicted molar refractivity (Wildman–Crippen MR) is 51.0 cm³/mol.